The predicted molar refractivity (Wildman–Crippen MR) is 111 cm³/mol. The first-order chi connectivity index (χ1) is 13.6. The van der Waals surface area contributed by atoms with Crippen molar-refractivity contribution in [3.8, 4) is 5.75 Å². The molecular weight excluding hydrogens is 352 g/mol. The van der Waals surface area contributed by atoms with E-state index >= 15 is 0 Å². The van der Waals surface area contributed by atoms with Gasteiger partial charge in [0.15, 0.2) is 5.78 Å². The Kier molecular flexibility index (Phi) is 6.69. The normalized spacial score (nSPS) is 13.6. The average molecular weight is 380 g/mol. The van der Waals surface area contributed by atoms with E-state index in [0.29, 0.717) is 25.3 Å². The minimum atomic E-state index is -0.0114. The molecule has 0 spiro atoms. The third-order valence-electron chi connectivity index (χ3n) is 5.04. The van der Waals surface area contributed by atoms with Gasteiger partial charge in [-0.25, -0.2) is 0 Å². The van der Waals surface area contributed by atoms with E-state index < -0.39 is 0 Å². The second kappa shape index (κ2) is 9.40. The van der Waals surface area contributed by atoms with Gasteiger partial charge in [-0.2, -0.15) is 0 Å². The van der Waals surface area contributed by atoms with Gasteiger partial charge in [0, 0.05) is 50.8 Å². The summed E-state index contributed by atoms with van der Waals surface area (Å²) in [5, 5.41) is 0. The van der Waals surface area contributed by atoms with Crippen LogP contribution in [0.25, 0.3) is 0 Å². The van der Waals surface area contributed by atoms with Crippen LogP contribution in [-0.4, -0.2) is 43.3 Å². The number of anilines is 1. The zero-order chi connectivity index (χ0) is 19.9. The molecule has 0 N–H and O–H groups in total. The van der Waals surface area contributed by atoms with E-state index in [-0.39, 0.29) is 24.5 Å². The van der Waals surface area contributed by atoms with E-state index in [0.717, 1.165) is 24.3 Å². The number of carbonyl (C=O) groups excluding carboxylic acids is 2. The summed E-state index contributed by atoms with van der Waals surface area (Å²) in [6.45, 7) is 4.76. The maximum absolute atomic E-state index is 12.7. The van der Waals surface area contributed by atoms with E-state index in [1.54, 1.807) is 12.1 Å². The number of fused-ring (bicyclic) bond motifs is 1. The molecule has 1 aliphatic rings. The quantitative estimate of drug-likeness (QED) is 0.683. The Morgan fingerprint density at radius 2 is 1.75 bits per heavy atom. The van der Waals surface area contributed by atoms with Crippen LogP contribution < -0.4 is 9.64 Å². The third-order valence-corrected chi connectivity index (χ3v) is 5.04. The third kappa shape index (κ3) is 4.91. The summed E-state index contributed by atoms with van der Waals surface area (Å²) in [6, 6.07) is 15.3. The van der Waals surface area contributed by atoms with Crippen molar-refractivity contribution in [1.82, 2.24) is 4.90 Å². The highest BCUT2D eigenvalue weighted by atomic mass is 16.5. The zero-order valence-corrected chi connectivity index (χ0v) is 16.7. The number of benzene rings is 2. The number of likely N-dealkylation sites (N-methyl/N-ethyl adjacent to an activating group) is 1. The molecule has 0 bridgehead atoms. The molecule has 0 saturated heterocycles. The molecule has 0 saturated carbocycles. The molecule has 0 aromatic heterocycles. The predicted octanol–water partition coefficient (Wildman–Crippen LogP) is 3.92. The monoisotopic (exact) mass is 380 g/mol. The van der Waals surface area contributed by atoms with Crippen LogP contribution in [0.4, 0.5) is 5.69 Å². The molecule has 1 aliphatic heterocycles. The molecule has 0 unspecified atom stereocenters. The lowest BCUT2D eigenvalue weighted by atomic mass is 10.1. The van der Waals surface area contributed by atoms with Gasteiger partial charge in [-0.05, 0) is 42.3 Å². The first-order valence-corrected chi connectivity index (χ1v) is 9.91. The minimum absolute atomic E-state index is 0.0114. The highest BCUT2D eigenvalue weighted by molar-refractivity contribution is 5.98. The highest BCUT2D eigenvalue weighted by Crippen LogP contribution is 2.24. The van der Waals surface area contributed by atoms with Crippen molar-refractivity contribution < 1.29 is 14.3 Å². The van der Waals surface area contributed by atoms with Crippen LogP contribution in [0.15, 0.2) is 48.5 Å². The lowest BCUT2D eigenvalue weighted by Gasteiger charge is -2.21. The topological polar surface area (TPSA) is 49.9 Å². The molecule has 148 valence electrons. The fraction of sp³-hybridized carbons (Fsp3) is 0.391. The molecule has 0 fully saturated rings. The van der Waals surface area contributed by atoms with E-state index in [1.807, 2.05) is 36.2 Å². The number of nitrogens with zero attached hydrogens (tertiary/aromatic N) is 2. The second-order valence-corrected chi connectivity index (χ2v) is 7.16. The summed E-state index contributed by atoms with van der Waals surface area (Å²) in [5.74, 6) is 0.783. The summed E-state index contributed by atoms with van der Waals surface area (Å²) in [4.78, 5) is 29.2. The summed E-state index contributed by atoms with van der Waals surface area (Å²) in [7, 11) is 2.05. The van der Waals surface area contributed by atoms with Gasteiger partial charge >= 0.3 is 0 Å². The smallest absolute Gasteiger partial charge is 0.223 e. The maximum Gasteiger partial charge on any atom is 0.223 e. The Morgan fingerprint density at radius 1 is 1.00 bits per heavy atom. The van der Waals surface area contributed by atoms with E-state index in [1.165, 1.54) is 5.69 Å². The van der Waals surface area contributed by atoms with Crippen LogP contribution in [0.1, 0.15) is 42.1 Å². The number of Topliss-reactive ketones (excluding diaryl/α,β-unsaturated/α-hetero) is 1. The lowest BCUT2D eigenvalue weighted by molar-refractivity contribution is -0.131. The lowest BCUT2D eigenvalue weighted by Crippen LogP contribution is -2.34. The Morgan fingerprint density at radius 3 is 2.50 bits per heavy atom. The standard InChI is InChI=1S/C23H28N2O3/c1-3-16-28-20-10-8-18(9-11-20)22(26)12-13-23(27)25-15-14-24(2)21-7-5-4-6-19(21)17-25/h4-11H,3,12-17H2,1-2H3. The molecule has 1 amide bonds. The number of ketones is 1. The van der Waals surface area contributed by atoms with Crippen molar-refractivity contribution in [3.63, 3.8) is 0 Å². The molecule has 5 heteroatoms. The molecule has 5 nitrogen and oxygen atoms in total. The number of hydrogen-bond donors (Lipinski definition) is 0. The first kappa shape index (κ1) is 19.9. The largest absolute Gasteiger partial charge is 0.494 e. The van der Waals surface area contributed by atoms with Crippen molar-refractivity contribution in [1.29, 1.82) is 0 Å². The Bertz CT molecular complexity index is 817. The van der Waals surface area contributed by atoms with E-state index in [9.17, 15) is 9.59 Å². The Balaban J connectivity index is 1.55. The van der Waals surface area contributed by atoms with Gasteiger partial charge in [0.1, 0.15) is 5.75 Å². The molecule has 2 aromatic carbocycles. The number of amides is 1. The van der Waals surface area contributed by atoms with Crippen molar-refractivity contribution in [2.75, 3.05) is 31.6 Å². The number of para-hydroxylation sites is 1. The molecular formula is C23H28N2O3. The van der Waals surface area contributed by atoms with Gasteiger partial charge in [-0.3, -0.25) is 9.59 Å². The molecule has 0 aliphatic carbocycles. The van der Waals surface area contributed by atoms with Crippen LogP contribution in [0.3, 0.4) is 0 Å². The van der Waals surface area contributed by atoms with Gasteiger partial charge in [0.2, 0.25) is 5.91 Å². The minimum Gasteiger partial charge on any atom is -0.494 e. The number of carbonyl (C=O) groups is 2. The summed E-state index contributed by atoms with van der Waals surface area (Å²) < 4.78 is 5.54. The molecule has 0 atom stereocenters. The van der Waals surface area contributed by atoms with Crippen LogP contribution in [-0.2, 0) is 11.3 Å². The van der Waals surface area contributed by atoms with Crippen molar-refractivity contribution in [2.45, 2.75) is 32.7 Å². The molecule has 3 rings (SSSR count). The highest BCUT2D eigenvalue weighted by Gasteiger charge is 2.21. The van der Waals surface area contributed by atoms with E-state index in [4.69, 9.17) is 4.74 Å². The summed E-state index contributed by atoms with van der Waals surface area (Å²) in [6.07, 6.45) is 1.40. The molecule has 0 radical (unpaired) electrons. The van der Waals surface area contributed by atoms with Crippen LogP contribution in [0.5, 0.6) is 5.75 Å². The van der Waals surface area contributed by atoms with E-state index in [2.05, 4.69) is 24.0 Å². The second-order valence-electron chi connectivity index (χ2n) is 7.16. The van der Waals surface area contributed by atoms with Gasteiger partial charge in [0.25, 0.3) is 0 Å². The molecule has 28 heavy (non-hydrogen) atoms. The molecule has 1 heterocycles. The van der Waals surface area contributed by atoms with Gasteiger partial charge in [-0.15, -0.1) is 0 Å². The first-order valence-electron chi connectivity index (χ1n) is 9.91. The Hall–Kier alpha value is -2.82. The van der Waals surface area contributed by atoms with Crippen LogP contribution in [0, 0.1) is 0 Å². The van der Waals surface area contributed by atoms with Crippen molar-refractivity contribution in [3.05, 3.63) is 59.7 Å². The van der Waals surface area contributed by atoms with Crippen LogP contribution >= 0.6 is 0 Å². The SMILES string of the molecule is CCCOc1ccc(C(=O)CCC(=O)N2CCN(C)c3ccccc3C2)cc1. The van der Waals surface area contributed by atoms with Crippen molar-refractivity contribution >= 4 is 17.4 Å². The van der Waals surface area contributed by atoms with Crippen molar-refractivity contribution in [2.24, 2.45) is 0 Å². The number of ether oxygens (including phenoxy) is 1. The van der Waals surface area contributed by atoms with Gasteiger partial charge < -0.3 is 14.5 Å². The zero-order valence-electron chi connectivity index (χ0n) is 16.7. The fourth-order valence-corrected chi connectivity index (χ4v) is 3.39. The summed E-state index contributed by atoms with van der Waals surface area (Å²) >= 11 is 0. The average Bonchev–Trinajstić information content (AvgIpc) is 2.90. The fourth-order valence-electron chi connectivity index (χ4n) is 3.39. The summed E-state index contributed by atoms with van der Waals surface area (Å²) in [5.41, 5.74) is 2.93. The molecule has 2 aromatic rings. The van der Waals surface area contributed by atoms with Crippen LogP contribution in [0.2, 0.25) is 0 Å². The van der Waals surface area contributed by atoms with Gasteiger partial charge in [-0.1, -0.05) is 25.1 Å². The number of hydrogen-bond acceptors (Lipinski definition) is 4. The maximum atomic E-state index is 12.7. The Labute approximate surface area is 166 Å². The van der Waals surface area contributed by atoms with Gasteiger partial charge in [0.05, 0.1) is 6.61 Å². The number of rotatable bonds is 7.